The molecule has 0 bridgehead atoms. The third kappa shape index (κ3) is 4.26. The quantitative estimate of drug-likeness (QED) is 0.150. The molecule has 1 heterocycles. The normalized spacial score (nSPS) is 32.7. The maximum atomic E-state index is 14.0. The van der Waals surface area contributed by atoms with Crippen LogP contribution in [0.2, 0.25) is 0 Å². The van der Waals surface area contributed by atoms with Crippen LogP contribution in [0.5, 0.6) is 0 Å². The molecule has 152 valence electrons. The molecule has 3 rings (SSSR count). The molecular weight excluding hydrogens is 462 g/mol. The monoisotopic (exact) mass is 480 g/mol. The molecular formula is C16H18F5OPS4. The van der Waals surface area contributed by atoms with Crippen LogP contribution in [0.4, 0.5) is 22.0 Å². The van der Waals surface area contributed by atoms with Crippen LogP contribution in [-0.4, -0.2) is 10.9 Å². The summed E-state index contributed by atoms with van der Waals surface area (Å²) in [6, 6.07) is 0. The van der Waals surface area contributed by atoms with Gasteiger partial charge in [-0.15, -0.1) is 0 Å². The largest absolute Gasteiger partial charge is 0.329 e. The van der Waals surface area contributed by atoms with Crippen molar-refractivity contribution in [1.29, 1.82) is 0 Å². The molecule has 0 spiro atoms. The highest BCUT2D eigenvalue weighted by Crippen LogP contribution is 2.82. The molecule has 2 aliphatic rings. The van der Waals surface area contributed by atoms with Crippen LogP contribution in [0.1, 0.15) is 33.1 Å². The zero-order valence-corrected chi connectivity index (χ0v) is 18.8. The molecule has 4 atom stereocenters. The summed E-state index contributed by atoms with van der Waals surface area (Å²) in [5.41, 5.74) is 1.04. The smallest absolute Gasteiger partial charge is 0.200 e. The summed E-state index contributed by atoms with van der Waals surface area (Å²) in [5.74, 6) is -9.56. The Kier molecular flexibility index (Phi) is 7.14. The molecule has 0 aromatic heterocycles. The third-order valence-electron chi connectivity index (χ3n) is 4.82. The second-order valence-electron chi connectivity index (χ2n) is 6.75. The molecule has 1 nitrogen and oxygen atoms in total. The fraction of sp³-hybridized carbons (Fsp3) is 0.500. The van der Waals surface area contributed by atoms with Gasteiger partial charge in [0.2, 0.25) is 5.82 Å². The Balaban J connectivity index is 0.00000261. The lowest BCUT2D eigenvalue weighted by Crippen LogP contribution is -2.39. The molecule has 1 aliphatic heterocycles. The first-order valence-electron chi connectivity index (χ1n) is 7.83. The van der Waals surface area contributed by atoms with E-state index in [1.54, 1.807) is 0 Å². The van der Waals surface area contributed by atoms with Crippen molar-refractivity contribution < 1.29 is 26.5 Å². The van der Waals surface area contributed by atoms with Gasteiger partial charge in [-0.2, -0.15) is 13.5 Å². The van der Waals surface area contributed by atoms with E-state index in [1.807, 2.05) is 13.8 Å². The number of benzene rings is 1. The van der Waals surface area contributed by atoms with Gasteiger partial charge in [0.05, 0.1) is 11.0 Å². The van der Waals surface area contributed by atoms with Crippen molar-refractivity contribution in [2.45, 2.75) is 48.9 Å². The van der Waals surface area contributed by atoms with Gasteiger partial charge in [0.25, 0.3) is 0 Å². The first-order chi connectivity index (χ1) is 12.0. The number of fused-ring (bicyclic) bond motifs is 1. The number of hydrogen-bond donors (Lipinski definition) is 0. The van der Waals surface area contributed by atoms with Gasteiger partial charge in [-0.1, -0.05) is 23.5 Å². The number of allylic oxidation sites excluding steroid dienone is 1. The number of halogens is 5. The van der Waals surface area contributed by atoms with Gasteiger partial charge in [0.1, 0.15) is 0 Å². The average Bonchev–Trinajstić information content (AvgIpc) is 2.84. The molecule has 1 saturated heterocycles. The third-order valence-corrected chi connectivity index (χ3v) is 13.8. The summed E-state index contributed by atoms with van der Waals surface area (Å²) in [7, 11) is 0. The Bertz CT molecular complexity index is 807. The molecule has 0 N–H and O–H groups in total. The van der Waals surface area contributed by atoms with E-state index >= 15 is 0 Å². The van der Waals surface area contributed by atoms with Gasteiger partial charge in [-0.25, -0.2) is 22.0 Å². The molecule has 2 fully saturated rings. The lowest BCUT2D eigenvalue weighted by Gasteiger charge is -2.37. The van der Waals surface area contributed by atoms with Gasteiger partial charge < -0.3 is 4.52 Å². The van der Waals surface area contributed by atoms with E-state index in [9.17, 15) is 22.0 Å². The Hall–Kier alpha value is 0.270. The van der Waals surface area contributed by atoms with E-state index in [-0.39, 0.29) is 30.3 Å². The summed E-state index contributed by atoms with van der Waals surface area (Å²) in [6.45, 7) is 7.88. The van der Waals surface area contributed by atoms with E-state index in [4.69, 9.17) is 16.3 Å². The van der Waals surface area contributed by atoms with E-state index in [2.05, 4.69) is 6.58 Å². The molecule has 27 heavy (non-hydrogen) atoms. The van der Waals surface area contributed by atoms with Crippen LogP contribution in [0, 0.1) is 35.0 Å². The maximum Gasteiger partial charge on any atom is 0.200 e. The number of rotatable bonds is 3. The molecule has 1 aromatic carbocycles. The van der Waals surface area contributed by atoms with E-state index in [0.717, 1.165) is 18.4 Å². The SMILES string of the molecule is C=C(C)[C@@H]1CC[C@]2(C)S[P@](=S)(Sc3c(F)c(F)c(F)c(F)c3F)O[C@H]2C1.S. The Labute approximate surface area is 174 Å². The van der Waals surface area contributed by atoms with Gasteiger partial charge >= 0.3 is 0 Å². The summed E-state index contributed by atoms with van der Waals surface area (Å²) < 4.78 is 70.9. The molecule has 1 aromatic rings. The average molecular weight is 481 g/mol. The fourth-order valence-corrected chi connectivity index (χ4v) is 14.9. The Morgan fingerprint density at radius 2 is 1.70 bits per heavy atom. The fourth-order valence-electron chi connectivity index (χ4n) is 3.20. The van der Waals surface area contributed by atoms with Crippen molar-refractivity contribution in [3.63, 3.8) is 0 Å². The van der Waals surface area contributed by atoms with E-state index < -0.39 is 38.7 Å². The zero-order valence-electron chi connectivity index (χ0n) is 14.5. The standard InChI is InChI=1S/C16H16F5OPS3.H2S/c1-7(2)8-4-5-16(3)9(6-8)22-23(24,26-16)25-15-13(20)11(18)10(17)12(19)14(15)21;/h8-9H,1,4-6H2,2-3H3;1H2/t8-,9+,16+,23-;/m1./s1. The molecule has 0 radical (unpaired) electrons. The Morgan fingerprint density at radius 3 is 2.22 bits per heavy atom. The van der Waals surface area contributed by atoms with Crippen LogP contribution in [0.25, 0.3) is 0 Å². The summed E-state index contributed by atoms with van der Waals surface area (Å²) in [6.07, 6.45) is 2.15. The minimum absolute atomic E-state index is 0. The second kappa shape index (κ2) is 8.19. The predicted octanol–water partition coefficient (Wildman–Crippen LogP) is 7.08. The van der Waals surface area contributed by atoms with Gasteiger partial charge in [-0.3, -0.25) is 0 Å². The molecule has 0 amide bonds. The minimum Gasteiger partial charge on any atom is -0.329 e. The van der Waals surface area contributed by atoms with E-state index in [0.29, 0.717) is 17.8 Å². The van der Waals surface area contributed by atoms with Gasteiger partial charge in [-0.05, 0) is 62.2 Å². The van der Waals surface area contributed by atoms with Crippen LogP contribution in [0.15, 0.2) is 17.0 Å². The van der Waals surface area contributed by atoms with Gasteiger partial charge in [0, 0.05) is 4.75 Å². The maximum absolute atomic E-state index is 14.0. The highest BCUT2D eigenvalue weighted by Gasteiger charge is 2.53. The Morgan fingerprint density at radius 1 is 1.19 bits per heavy atom. The topological polar surface area (TPSA) is 9.23 Å². The molecule has 1 saturated carbocycles. The van der Waals surface area contributed by atoms with Crippen molar-refractivity contribution in [2.75, 3.05) is 0 Å². The zero-order chi connectivity index (χ0) is 19.4. The van der Waals surface area contributed by atoms with Crippen LogP contribution >= 0.6 is 40.9 Å². The predicted molar refractivity (Wildman–Crippen MR) is 110 cm³/mol. The van der Waals surface area contributed by atoms with E-state index in [1.165, 1.54) is 11.4 Å². The first-order valence-corrected chi connectivity index (χ1v) is 13.4. The van der Waals surface area contributed by atoms with Crippen LogP contribution < -0.4 is 0 Å². The van der Waals surface area contributed by atoms with Crippen molar-refractivity contribution in [3.8, 4) is 0 Å². The molecule has 11 heteroatoms. The van der Waals surface area contributed by atoms with Gasteiger partial charge in [0.15, 0.2) is 27.9 Å². The van der Waals surface area contributed by atoms with Crippen molar-refractivity contribution in [3.05, 3.63) is 41.2 Å². The molecule has 1 aliphatic carbocycles. The second-order valence-corrected chi connectivity index (χ2v) is 17.4. The summed E-state index contributed by atoms with van der Waals surface area (Å²) >= 11 is 7.27. The number of hydrogen-bond acceptors (Lipinski definition) is 4. The summed E-state index contributed by atoms with van der Waals surface area (Å²) in [4.78, 5) is -0.962. The minimum atomic E-state index is -2.93. The lowest BCUT2D eigenvalue weighted by atomic mass is 9.77. The highest BCUT2D eigenvalue weighted by atomic mass is 33.2. The van der Waals surface area contributed by atoms with Crippen molar-refractivity contribution >= 4 is 52.7 Å². The highest BCUT2D eigenvalue weighted by molar-refractivity contribution is 8.99. The van der Waals surface area contributed by atoms with Crippen LogP contribution in [-0.2, 0) is 16.3 Å². The van der Waals surface area contributed by atoms with Crippen LogP contribution in [0.3, 0.4) is 0 Å². The van der Waals surface area contributed by atoms with Crippen molar-refractivity contribution in [2.24, 2.45) is 5.92 Å². The lowest BCUT2D eigenvalue weighted by molar-refractivity contribution is 0.129. The molecule has 0 unspecified atom stereocenters. The first kappa shape index (κ1) is 23.5. The summed E-state index contributed by atoms with van der Waals surface area (Å²) in [5, 5.41) is 0. The van der Waals surface area contributed by atoms with Crippen molar-refractivity contribution in [1.82, 2.24) is 0 Å².